The third-order valence-corrected chi connectivity index (χ3v) is 4.80. The topological polar surface area (TPSA) is 74.5 Å². The fourth-order valence-corrected chi connectivity index (χ4v) is 3.71. The summed E-state index contributed by atoms with van der Waals surface area (Å²) in [4.78, 5) is 25.3. The predicted octanol–water partition coefficient (Wildman–Crippen LogP) is 0.816. The van der Waals surface area contributed by atoms with E-state index in [4.69, 9.17) is 0 Å². The maximum Gasteiger partial charge on any atom is 0.223 e. The van der Waals surface area contributed by atoms with Crippen LogP contribution in [0.5, 0.6) is 0 Å². The van der Waals surface area contributed by atoms with E-state index >= 15 is 0 Å². The Bertz CT molecular complexity index is 757. The molecule has 0 saturated carbocycles. The fourth-order valence-electron chi connectivity index (χ4n) is 3.71. The van der Waals surface area contributed by atoms with Gasteiger partial charge in [0.1, 0.15) is 11.3 Å². The summed E-state index contributed by atoms with van der Waals surface area (Å²) in [5.74, 6) is 0.944. The molecule has 1 aliphatic rings. The minimum atomic E-state index is -0.806. The number of carbonyl (C=O) groups excluding carboxylic acids is 1. The van der Waals surface area contributed by atoms with Gasteiger partial charge < -0.3 is 19.5 Å². The lowest BCUT2D eigenvalue weighted by atomic mass is 9.92. The van der Waals surface area contributed by atoms with E-state index in [-0.39, 0.29) is 5.91 Å². The molecule has 7 nitrogen and oxygen atoms in total. The van der Waals surface area contributed by atoms with Gasteiger partial charge in [-0.25, -0.2) is 9.97 Å². The summed E-state index contributed by atoms with van der Waals surface area (Å²) in [6.07, 6.45) is 4.31. The van der Waals surface area contributed by atoms with Crippen LogP contribution in [-0.2, 0) is 18.3 Å². The van der Waals surface area contributed by atoms with Crippen molar-refractivity contribution in [2.24, 2.45) is 7.05 Å². The molecule has 0 spiro atoms. The monoisotopic (exact) mass is 345 g/mol. The number of piperidine rings is 1. The van der Waals surface area contributed by atoms with E-state index < -0.39 is 5.60 Å². The minimum absolute atomic E-state index is 0.0805. The van der Waals surface area contributed by atoms with Crippen LogP contribution in [0.15, 0.2) is 18.3 Å². The second kappa shape index (κ2) is 7.09. The molecule has 136 valence electrons. The Morgan fingerprint density at radius 2 is 2.24 bits per heavy atom. The van der Waals surface area contributed by atoms with Gasteiger partial charge in [-0.05, 0) is 39.1 Å². The van der Waals surface area contributed by atoms with Gasteiger partial charge in [0.2, 0.25) is 5.91 Å². The molecule has 1 saturated heterocycles. The number of hydrogen-bond donors (Lipinski definition) is 1. The summed E-state index contributed by atoms with van der Waals surface area (Å²) in [5.41, 5.74) is 0.883. The van der Waals surface area contributed by atoms with Gasteiger partial charge in [-0.2, -0.15) is 0 Å². The van der Waals surface area contributed by atoms with Crippen LogP contribution in [0.1, 0.15) is 25.1 Å². The Kier molecular flexibility index (Phi) is 5.06. The molecule has 0 unspecified atom stereocenters. The number of likely N-dealkylation sites (N-methyl/N-ethyl adjacent to an activating group) is 1. The number of nitrogens with zero attached hydrogens (tertiary/aromatic N) is 5. The van der Waals surface area contributed by atoms with Crippen molar-refractivity contribution in [2.75, 3.05) is 33.7 Å². The number of aliphatic hydroxyl groups is 1. The van der Waals surface area contributed by atoms with Gasteiger partial charge in [-0.3, -0.25) is 4.79 Å². The lowest BCUT2D eigenvalue weighted by molar-refractivity contribution is -0.139. The fraction of sp³-hybridized carbons (Fsp3) is 0.611. The lowest BCUT2D eigenvalue weighted by Gasteiger charge is -2.40. The van der Waals surface area contributed by atoms with Gasteiger partial charge >= 0.3 is 0 Å². The van der Waals surface area contributed by atoms with Crippen LogP contribution in [-0.4, -0.2) is 74.7 Å². The van der Waals surface area contributed by atoms with Crippen LogP contribution in [0.25, 0.3) is 11.2 Å². The normalized spacial score (nSPS) is 21.2. The van der Waals surface area contributed by atoms with Gasteiger partial charge in [0.25, 0.3) is 0 Å². The number of rotatable bonds is 5. The van der Waals surface area contributed by atoms with Crippen LogP contribution >= 0.6 is 0 Å². The molecule has 1 aliphatic heterocycles. The van der Waals surface area contributed by atoms with E-state index in [0.29, 0.717) is 25.9 Å². The molecule has 0 aromatic carbocycles. The summed E-state index contributed by atoms with van der Waals surface area (Å²) in [6.45, 7) is 1.71. The van der Waals surface area contributed by atoms with Gasteiger partial charge in [0.05, 0.1) is 12.1 Å². The Labute approximate surface area is 148 Å². The summed E-state index contributed by atoms with van der Waals surface area (Å²) in [5, 5.41) is 10.7. The molecule has 3 heterocycles. The number of likely N-dealkylation sites (tertiary alicyclic amines) is 1. The first-order valence-corrected chi connectivity index (χ1v) is 8.79. The maximum absolute atomic E-state index is 12.6. The van der Waals surface area contributed by atoms with E-state index in [1.807, 2.05) is 42.7 Å². The SMILES string of the molecule is CN(C)C[C@@]1(O)CCCN(C(=O)CCc2nc3cccnc3n2C)C1. The van der Waals surface area contributed by atoms with Crippen LogP contribution in [0.3, 0.4) is 0 Å². The number of pyridine rings is 1. The van der Waals surface area contributed by atoms with Gasteiger partial charge in [-0.1, -0.05) is 0 Å². The van der Waals surface area contributed by atoms with Crippen LogP contribution in [0.2, 0.25) is 0 Å². The van der Waals surface area contributed by atoms with Crippen molar-refractivity contribution < 1.29 is 9.90 Å². The Morgan fingerprint density at radius 3 is 2.96 bits per heavy atom. The molecule has 2 aromatic heterocycles. The molecule has 0 aliphatic carbocycles. The highest BCUT2D eigenvalue weighted by Gasteiger charge is 2.35. The lowest BCUT2D eigenvalue weighted by Crippen LogP contribution is -2.54. The van der Waals surface area contributed by atoms with E-state index in [1.165, 1.54) is 0 Å². The average molecular weight is 345 g/mol. The number of hydrogen-bond acceptors (Lipinski definition) is 5. The zero-order valence-electron chi connectivity index (χ0n) is 15.3. The van der Waals surface area contributed by atoms with E-state index in [0.717, 1.165) is 36.4 Å². The molecule has 3 rings (SSSR count). The highest BCUT2D eigenvalue weighted by Crippen LogP contribution is 2.23. The maximum atomic E-state index is 12.6. The summed E-state index contributed by atoms with van der Waals surface area (Å²) >= 11 is 0. The average Bonchev–Trinajstić information content (AvgIpc) is 2.88. The molecular formula is C18H27N5O2. The van der Waals surface area contributed by atoms with Crippen molar-refractivity contribution in [2.45, 2.75) is 31.3 Å². The Morgan fingerprint density at radius 1 is 1.44 bits per heavy atom. The predicted molar refractivity (Wildman–Crippen MR) is 96.1 cm³/mol. The zero-order valence-corrected chi connectivity index (χ0v) is 15.3. The molecule has 1 N–H and O–H groups in total. The summed E-state index contributed by atoms with van der Waals surface area (Å²) in [7, 11) is 5.82. The largest absolute Gasteiger partial charge is 0.387 e. The third kappa shape index (κ3) is 3.99. The highest BCUT2D eigenvalue weighted by molar-refractivity contribution is 5.77. The quantitative estimate of drug-likeness (QED) is 0.868. The standard InChI is InChI=1S/C18H27N5O2/c1-21(2)12-18(25)9-5-11-23(13-18)16(24)8-7-15-20-14-6-4-10-19-17(14)22(15)3/h4,6,10,25H,5,7-9,11-13H2,1-3H3/t18-/m0/s1. The highest BCUT2D eigenvalue weighted by atomic mass is 16.3. The first-order chi connectivity index (χ1) is 11.9. The molecule has 2 aromatic rings. The molecule has 7 heteroatoms. The molecule has 1 atom stereocenters. The van der Waals surface area contributed by atoms with Crippen LogP contribution in [0, 0.1) is 0 Å². The van der Waals surface area contributed by atoms with E-state index in [2.05, 4.69) is 9.97 Å². The van der Waals surface area contributed by atoms with Crippen molar-refractivity contribution in [3.8, 4) is 0 Å². The smallest absolute Gasteiger partial charge is 0.223 e. The molecule has 1 fully saturated rings. The number of fused-ring (bicyclic) bond motifs is 1. The first-order valence-electron chi connectivity index (χ1n) is 8.79. The molecule has 0 bridgehead atoms. The molecular weight excluding hydrogens is 318 g/mol. The number of amides is 1. The summed E-state index contributed by atoms with van der Waals surface area (Å²) < 4.78 is 1.95. The van der Waals surface area contributed by atoms with Crippen molar-refractivity contribution >= 4 is 17.1 Å². The van der Waals surface area contributed by atoms with E-state index in [1.54, 1.807) is 11.1 Å². The third-order valence-electron chi connectivity index (χ3n) is 4.80. The second-order valence-corrected chi connectivity index (χ2v) is 7.31. The van der Waals surface area contributed by atoms with Crippen molar-refractivity contribution in [3.05, 3.63) is 24.2 Å². The zero-order chi connectivity index (χ0) is 18.0. The Balaban J connectivity index is 1.62. The molecule has 25 heavy (non-hydrogen) atoms. The Hall–Kier alpha value is -1.99. The number of imidazole rings is 1. The number of aryl methyl sites for hydroxylation is 2. The molecule has 0 radical (unpaired) electrons. The van der Waals surface area contributed by atoms with Gasteiger partial charge in [-0.15, -0.1) is 0 Å². The minimum Gasteiger partial charge on any atom is -0.387 e. The van der Waals surface area contributed by atoms with Crippen molar-refractivity contribution in [1.82, 2.24) is 24.3 Å². The number of carbonyl (C=O) groups is 1. The molecule has 1 amide bonds. The second-order valence-electron chi connectivity index (χ2n) is 7.31. The first kappa shape index (κ1) is 17.8. The number of β-amino-alcohol motifs (C(OH)–C–C–N with tert-alkyl or cyclic N) is 1. The van der Waals surface area contributed by atoms with Crippen molar-refractivity contribution in [1.29, 1.82) is 0 Å². The van der Waals surface area contributed by atoms with Gasteiger partial charge in [0.15, 0.2) is 5.65 Å². The van der Waals surface area contributed by atoms with Crippen LogP contribution < -0.4 is 0 Å². The summed E-state index contributed by atoms with van der Waals surface area (Å²) in [6, 6.07) is 3.79. The number of aromatic nitrogens is 3. The van der Waals surface area contributed by atoms with Gasteiger partial charge in [0, 0.05) is 39.2 Å². The van der Waals surface area contributed by atoms with Crippen molar-refractivity contribution in [3.63, 3.8) is 0 Å². The van der Waals surface area contributed by atoms with E-state index in [9.17, 15) is 9.90 Å². The van der Waals surface area contributed by atoms with Crippen LogP contribution in [0.4, 0.5) is 0 Å².